The third kappa shape index (κ3) is 3.15. The Morgan fingerprint density at radius 3 is 2.88 bits per heavy atom. The minimum Gasteiger partial charge on any atom is -0.436 e. The minimum absolute atomic E-state index is 0.282. The van der Waals surface area contributed by atoms with Crippen molar-refractivity contribution in [2.24, 2.45) is 7.05 Å². The molecule has 2 heterocycles. The molecule has 0 aliphatic carbocycles. The SMILES string of the molecule is COCc1nc(Cl)cc(Oc2cnn(C)c2)n1. The van der Waals surface area contributed by atoms with E-state index in [4.69, 9.17) is 21.1 Å². The van der Waals surface area contributed by atoms with Gasteiger partial charge in [0.05, 0.1) is 12.4 Å². The molecule has 0 spiro atoms. The van der Waals surface area contributed by atoms with Crippen molar-refractivity contribution in [3.8, 4) is 11.6 Å². The lowest BCUT2D eigenvalue weighted by molar-refractivity contribution is 0.177. The second-order valence-corrected chi connectivity index (χ2v) is 3.72. The second-order valence-electron chi connectivity index (χ2n) is 3.33. The fourth-order valence-electron chi connectivity index (χ4n) is 1.26. The lowest BCUT2D eigenvalue weighted by Gasteiger charge is -2.04. The van der Waals surface area contributed by atoms with Crippen LogP contribution in [-0.4, -0.2) is 26.9 Å². The summed E-state index contributed by atoms with van der Waals surface area (Å²) in [7, 11) is 3.36. The van der Waals surface area contributed by atoms with Crippen LogP contribution in [0.2, 0.25) is 5.15 Å². The Bertz CT molecular complexity index is 515. The van der Waals surface area contributed by atoms with Gasteiger partial charge in [0.15, 0.2) is 11.6 Å². The van der Waals surface area contributed by atoms with Gasteiger partial charge in [0.1, 0.15) is 11.8 Å². The molecule has 0 aliphatic heterocycles. The molecule has 0 unspecified atom stereocenters. The molecular weight excluding hydrogens is 244 g/mol. The number of halogens is 1. The highest BCUT2D eigenvalue weighted by Gasteiger charge is 2.06. The molecule has 0 atom stereocenters. The van der Waals surface area contributed by atoms with E-state index in [2.05, 4.69) is 15.1 Å². The largest absolute Gasteiger partial charge is 0.436 e. The van der Waals surface area contributed by atoms with Gasteiger partial charge in [-0.1, -0.05) is 11.6 Å². The average Bonchev–Trinajstić information content (AvgIpc) is 2.63. The summed E-state index contributed by atoms with van der Waals surface area (Å²) in [5.41, 5.74) is 0. The molecule has 0 N–H and O–H groups in total. The van der Waals surface area contributed by atoms with E-state index < -0.39 is 0 Å². The molecule has 0 aliphatic rings. The average molecular weight is 255 g/mol. The zero-order valence-electron chi connectivity index (χ0n) is 9.42. The molecule has 2 aromatic rings. The Morgan fingerprint density at radius 2 is 2.24 bits per heavy atom. The van der Waals surface area contributed by atoms with Crippen molar-refractivity contribution < 1.29 is 9.47 Å². The summed E-state index contributed by atoms with van der Waals surface area (Å²) in [6, 6.07) is 1.54. The summed E-state index contributed by atoms with van der Waals surface area (Å²) < 4.78 is 12.1. The fourth-order valence-corrected chi connectivity index (χ4v) is 1.45. The predicted octanol–water partition coefficient (Wildman–Crippen LogP) is 1.80. The van der Waals surface area contributed by atoms with Crippen LogP contribution in [0.1, 0.15) is 5.82 Å². The normalized spacial score (nSPS) is 10.5. The molecule has 0 aromatic carbocycles. The van der Waals surface area contributed by atoms with Gasteiger partial charge >= 0.3 is 0 Å². The van der Waals surface area contributed by atoms with Gasteiger partial charge in [0.2, 0.25) is 5.88 Å². The Hall–Kier alpha value is -1.66. The first-order valence-electron chi connectivity index (χ1n) is 4.86. The van der Waals surface area contributed by atoms with Gasteiger partial charge in [-0.15, -0.1) is 0 Å². The van der Waals surface area contributed by atoms with Crippen LogP contribution in [-0.2, 0) is 18.4 Å². The van der Waals surface area contributed by atoms with Crippen molar-refractivity contribution >= 4 is 11.6 Å². The van der Waals surface area contributed by atoms with Crippen molar-refractivity contribution in [3.05, 3.63) is 29.4 Å². The third-order valence-electron chi connectivity index (χ3n) is 1.89. The summed E-state index contributed by atoms with van der Waals surface area (Å²) >= 11 is 5.85. The van der Waals surface area contributed by atoms with Gasteiger partial charge in [-0.05, 0) is 0 Å². The Morgan fingerprint density at radius 1 is 1.41 bits per heavy atom. The first-order chi connectivity index (χ1) is 8.17. The first kappa shape index (κ1) is 11.8. The zero-order chi connectivity index (χ0) is 12.3. The molecule has 6 nitrogen and oxygen atoms in total. The quantitative estimate of drug-likeness (QED) is 0.779. The van der Waals surface area contributed by atoms with Crippen molar-refractivity contribution in [1.82, 2.24) is 19.7 Å². The van der Waals surface area contributed by atoms with E-state index in [1.54, 1.807) is 31.2 Å². The number of hydrogen-bond donors (Lipinski definition) is 0. The Balaban J connectivity index is 2.20. The van der Waals surface area contributed by atoms with Crippen LogP contribution in [0.4, 0.5) is 0 Å². The molecule has 90 valence electrons. The molecule has 2 rings (SSSR count). The summed E-state index contributed by atoms with van der Waals surface area (Å²) in [5.74, 6) is 1.43. The lowest BCUT2D eigenvalue weighted by Crippen LogP contribution is -1.99. The van der Waals surface area contributed by atoms with Gasteiger partial charge in [-0.25, -0.2) is 4.98 Å². The molecule has 0 radical (unpaired) electrons. The van der Waals surface area contributed by atoms with Crippen LogP contribution in [0.15, 0.2) is 18.5 Å². The zero-order valence-corrected chi connectivity index (χ0v) is 10.2. The fraction of sp³-hybridized carbons (Fsp3) is 0.300. The van der Waals surface area contributed by atoms with Gasteiger partial charge < -0.3 is 9.47 Å². The van der Waals surface area contributed by atoms with Crippen molar-refractivity contribution in [1.29, 1.82) is 0 Å². The molecule has 0 amide bonds. The van der Waals surface area contributed by atoms with Gasteiger partial charge in [-0.3, -0.25) is 4.68 Å². The van der Waals surface area contributed by atoms with Crippen molar-refractivity contribution in [3.63, 3.8) is 0 Å². The van der Waals surface area contributed by atoms with Crippen LogP contribution in [0, 0.1) is 0 Å². The molecule has 0 saturated heterocycles. The van der Waals surface area contributed by atoms with Gasteiger partial charge in [0.25, 0.3) is 0 Å². The van der Waals surface area contributed by atoms with Crippen LogP contribution in [0.3, 0.4) is 0 Å². The van der Waals surface area contributed by atoms with E-state index in [1.165, 1.54) is 6.07 Å². The molecular formula is C10H11ClN4O2. The van der Waals surface area contributed by atoms with E-state index in [1.807, 2.05) is 0 Å². The highest BCUT2D eigenvalue weighted by Crippen LogP contribution is 2.20. The Kier molecular flexibility index (Phi) is 3.55. The summed E-state index contributed by atoms with van der Waals surface area (Å²) in [5, 5.41) is 4.30. The summed E-state index contributed by atoms with van der Waals surface area (Å²) in [6.07, 6.45) is 3.32. The molecule has 0 bridgehead atoms. The second kappa shape index (κ2) is 5.11. The maximum atomic E-state index is 5.85. The first-order valence-corrected chi connectivity index (χ1v) is 5.24. The number of aromatic nitrogens is 4. The molecule has 0 saturated carbocycles. The number of hydrogen-bond acceptors (Lipinski definition) is 5. The van der Waals surface area contributed by atoms with E-state index in [0.29, 0.717) is 22.6 Å². The number of aryl methyl sites for hydroxylation is 1. The summed E-state index contributed by atoms with van der Waals surface area (Å²) in [6.45, 7) is 0.282. The standard InChI is InChI=1S/C10H11ClN4O2/c1-15-5-7(4-12-15)17-10-3-8(11)13-9(14-10)6-16-2/h3-5H,6H2,1-2H3. The highest BCUT2D eigenvalue weighted by atomic mass is 35.5. The maximum absolute atomic E-state index is 5.85. The van der Waals surface area contributed by atoms with Crippen LogP contribution < -0.4 is 4.74 Å². The van der Waals surface area contributed by atoms with Gasteiger partial charge in [0, 0.05) is 20.2 Å². The van der Waals surface area contributed by atoms with E-state index in [-0.39, 0.29) is 6.61 Å². The number of ether oxygens (including phenoxy) is 2. The van der Waals surface area contributed by atoms with Gasteiger partial charge in [-0.2, -0.15) is 10.1 Å². The number of nitrogens with zero attached hydrogens (tertiary/aromatic N) is 4. The maximum Gasteiger partial charge on any atom is 0.224 e. The third-order valence-corrected chi connectivity index (χ3v) is 2.09. The molecule has 2 aromatic heterocycles. The highest BCUT2D eigenvalue weighted by molar-refractivity contribution is 6.29. The smallest absolute Gasteiger partial charge is 0.224 e. The Labute approximate surface area is 103 Å². The van der Waals surface area contributed by atoms with E-state index in [9.17, 15) is 0 Å². The van der Waals surface area contributed by atoms with Crippen LogP contribution in [0.5, 0.6) is 11.6 Å². The molecule has 0 fully saturated rings. The minimum atomic E-state index is 0.282. The monoisotopic (exact) mass is 254 g/mol. The van der Waals surface area contributed by atoms with Crippen molar-refractivity contribution in [2.75, 3.05) is 7.11 Å². The van der Waals surface area contributed by atoms with E-state index in [0.717, 1.165) is 0 Å². The van der Waals surface area contributed by atoms with Crippen LogP contribution in [0.25, 0.3) is 0 Å². The number of rotatable bonds is 4. The van der Waals surface area contributed by atoms with Crippen molar-refractivity contribution in [2.45, 2.75) is 6.61 Å². The number of methoxy groups -OCH3 is 1. The molecule has 7 heteroatoms. The topological polar surface area (TPSA) is 62.1 Å². The predicted molar refractivity (Wildman–Crippen MR) is 61.0 cm³/mol. The lowest BCUT2D eigenvalue weighted by atomic mass is 10.5. The van der Waals surface area contributed by atoms with Crippen LogP contribution >= 0.6 is 11.6 Å². The molecule has 17 heavy (non-hydrogen) atoms. The van der Waals surface area contributed by atoms with E-state index >= 15 is 0 Å². The summed E-state index contributed by atoms with van der Waals surface area (Å²) in [4.78, 5) is 8.15.